The fourth-order valence-corrected chi connectivity index (χ4v) is 4.13. The lowest BCUT2D eigenvalue weighted by atomic mass is 10.2. The van der Waals surface area contributed by atoms with E-state index in [9.17, 15) is 0 Å². The highest BCUT2D eigenvalue weighted by atomic mass is 15.3. The van der Waals surface area contributed by atoms with E-state index in [-0.39, 0.29) is 0 Å². The molecule has 1 fully saturated rings. The lowest BCUT2D eigenvalue weighted by Crippen LogP contribution is -2.26. The summed E-state index contributed by atoms with van der Waals surface area (Å²) in [7, 11) is 1.94. The third-order valence-electron chi connectivity index (χ3n) is 5.60. The molecule has 4 heterocycles. The molecule has 1 aliphatic rings. The molecule has 1 saturated heterocycles. The van der Waals surface area contributed by atoms with Crippen LogP contribution in [0.1, 0.15) is 25.5 Å². The number of benzene rings is 1. The molecule has 0 aliphatic carbocycles. The highest BCUT2D eigenvalue weighted by molar-refractivity contribution is 5.80. The number of aromatic nitrogens is 5. The number of rotatable bonds is 4. The van der Waals surface area contributed by atoms with Crippen LogP contribution in [0, 0.1) is 0 Å². The zero-order chi connectivity index (χ0) is 19.1. The van der Waals surface area contributed by atoms with E-state index in [0.29, 0.717) is 12.6 Å². The number of imidazole rings is 1. The molecule has 1 aromatic carbocycles. The van der Waals surface area contributed by atoms with E-state index in [0.717, 1.165) is 40.5 Å². The number of fused-ring (bicyclic) bond motifs is 1. The molecule has 0 amide bonds. The Morgan fingerprint density at radius 3 is 2.71 bits per heavy atom. The lowest BCUT2D eigenvalue weighted by molar-refractivity contribution is 0.716. The van der Waals surface area contributed by atoms with Gasteiger partial charge >= 0.3 is 0 Å². The van der Waals surface area contributed by atoms with Gasteiger partial charge in [-0.2, -0.15) is 5.10 Å². The molecule has 4 aromatic rings. The normalized spacial score (nSPS) is 16.9. The van der Waals surface area contributed by atoms with Crippen LogP contribution < -0.4 is 4.90 Å². The van der Waals surface area contributed by atoms with Crippen molar-refractivity contribution < 1.29 is 0 Å². The van der Waals surface area contributed by atoms with E-state index < -0.39 is 0 Å². The Hall–Kier alpha value is -3.15. The first kappa shape index (κ1) is 17.0. The Balaban J connectivity index is 1.55. The maximum atomic E-state index is 4.90. The summed E-state index contributed by atoms with van der Waals surface area (Å²) in [6.45, 7) is 4.04. The highest BCUT2D eigenvalue weighted by Crippen LogP contribution is 2.28. The van der Waals surface area contributed by atoms with E-state index in [4.69, 9.17) is 9.97 Å². The van der Waals surface area contributed by atoms with Gasteiger partial charge in [0.1, 0.15) is 11.6 Å². The molecule has 0 bridgehead atoms. The quantitative estimate of drug-likeness (QED) is 0.546. The zero-order valence-electron chi connectivity index (χ0n) is 16.3. The van der Waals surface area contributed by atoms with Gasteiger partial charge in [0, 0.05) is 37.6 Å². The van der Waals surface area contributed by atoms with Crippen molar-refractivity contribution in [2.45, 2.75) is 32.4 Å². The number of nitrogens with zero attached hydrogens (tertiary/aromatic N) is 6. The van der Waals surface area contributed by atoms with Gasteiger partial charge in [-0.05, 0) is 50.1 Å². The molecule has 1 atom stereocenters. The molecule has 0 N–H and O–H groups in total. The topological polar surface area (TPSA) is 51.8 Å². The molecule has 5 rings (SSSR count). The van der Waals surface area contributed by atoms with Crippen molar-refractivity contribution in [3.8, 4) is 11.4 Å². The Morgan fingerprint density at radius 1 is 1.11 bits per heavy atom. The molecule has 0 spiro atoms. The summed E-state index contributed by atoms with van der Waals surface area (Å²) in [4.78, 5) is 12.1. The van der Waals surface area contributed by atoms with Crippen LogP contribution in [-0.2, 0) is 13.6 Å². The minimum Gasteiger partial charge on any atom is -0.354 e. The molecule has 0 saturated carbocycles. The minimum absolute atomic E-state index is 0.562. The van der Waals surface area contributed by atoms with Gasteiger partial charge in [0.2, 0.25) is 0 Å². The van der Waals surface area contributed by atoms with Gasteiger partial charge in [-0.3, -0.25) is 4.68 Å². The van der Waals surface area contributed by atoms with Crippen molar-refractivity contribution in [3.05, 3.63) is 60.6 Å². The Bertz CT molecular complexity index is 1110. The number of pyridine rings is 1. The number of anilines is 1. The fraction of sp³-hybridized carbons (Fsp3) is 0.318. The van der Waals surface area contributed by atoms with Crippen LogP contribution in [0.3, 0.4) is 0 Å². The van der Waals surface area contributed by atoms with Crippen molar-refractivity contribution in [2.24, 2.45) is 7.05 Å². The first-order valence-corrected chi connectivity index (χ1v) is 9.86. The summed E-state index contributed by atoms with van der Waals surface area (Å²) >= 11 is 0. The van der Waals surface area contributed by atoms with Crippen LogP contribution in [-0.4, -0.2) is 36.9 Å². The van der Waals surface area contributed by atoms with Gasteiger partial charge < -0.3 is 9.47 Å². The maximum absolute atomic E-state index is 4.90. The van der Waals surface area contributed by atoms with Gasteiger partial charge in [-0.25, -0.2) is 9.97 Å². The predicted octanol–water partition coefficient (Wildman–Crippen LogP) is 3.87. The van der Waals surface area contributed by atoms with E-state index in [1.165, 1.54) is 12.8 Å². The average molecular weight is 372 g/mol. The SMILES string of the molecule is CC1CCCN1c1ccc(-c2nc3ccccc3n2Cc2ccn(C)n2)cn1. The fourth-order valence-electron chi connectivity index (χ4n) is 4.13. The summed E-state index contributed by atoms with van der Waals surface area (Å²) in [5.74, 6) is 1.99. The zero-order valence-corrected chi connectivity index (χ0v) is 16.3. The van der Waals surface area contributed by atoms with Crippen LogP contribution in [0.15, 0.2) is 54.9 Å². The Morgan fingerprint density at radius 2 is 2.00 bits per heavy atom. The van der Waals surface area contributed by atoms with Crippen molar-refractivity contribution in [3.63, 3.8) is 0 Å². The largest absolute Gasteiger partial charge is 0.354 e. The third-order valence-corrected chi connectivity index (χ3v) is 5.60. The second-order valence-electron chi connectivity index (χ2n) is 7.58. The summed E-state index contributed by atoms with van der Waals surface area (Å²) in [5.41, 5.74) is 4.15. The molecule has 3 aromatic heterocycles. The summed E-state index contributed by atoms with van der Waals surface area (Å²) in [6.07, 6.45) is 6.41. The summed E-state index contributed by atoms with van der Waals surface area (Å²) in [5, 5.41) is 4.55. The molecule has 1 unspecified atom stereocenters. The van der Waals surface area contributed by atoms with Crippen molar-refractivity contribution in [2.75, 3.05) is 11.4 Å². The standard InChI is InChI=1S/C22H24N6/c1-16-6-5-12-27(16)21-10-9-17(14-23-21)22-24-19-7-3-4-8-20(19)28(22)15-18-11-13-26(2)25-18/h3-4,7-11,13-14,16H,5-6,12,15H2,1-2H3. The molecular formula is C22H24N6. The lowest BCUT2D eigenvalue weighted by Gasteiger charge is -2.22. The maximum Gasteiger partial charge on any atom is 0.143 e. The van der Waals surface area contributed by atoms with E-state index in [2.05, 4.69) is 57.9 Å². The van der Waals surface area contributed by atoms with E-state index >= 15 is 0 Å². The Labute approximate surface area is 164 Å². The van der Waals surface area contributed by atoms with Crippen LogP contribution in [0.5, 0.6) is 0 Å². The molecule has 6 heteroatoms. The number of hydrogen-bond acceptors (Lipinski definition) is 4. The van der Waals surface area contributed by atoms with Gasteiger partial charge in [-0.15, -0.1) is 0 Å². The molecule has 28 heavy (non-hydrogen) atoms. The average Bonchev–Trinajstić information content (AvgIpc) is 3.42. The smallest absolute Gasteiger partial charge is 0.143 e. The molecular weight excluding hydrogens is 348 g/mol. The highest BCUT2D eigenvalue weighted by Gasteiger charge is 2.22. The number of hydrogen-bond donors (Lipinski definition) is 0. The van der Waals surface area contributed by atoms with E-state index in [1.807, 2.05) is 30.2 Å². The van der Waals surface area contributed by atoms with Gasteiger partial charge in [0.25, 0.3) is 0 Å². The van der Waals surface area contributed by atoms with Crippen molar-refractivity contribution in [1.29, 1.82) is 0 Å². The number of para-hydroxylation sites is 2. The molecule has 1 aliphatic heterocycles. The van der Waals surface area contributed by atoms with Crippen LogP contribution in [0.2, 0.25) is 0 Å². The van der Waals surface area contributed by atoms with Crippen molar-refractivity contribution >= 4 is 16.9 Å². The van der Waals surface area contributed by atoms with Crippen LogP contribution >= 0.6 is 0 Å². The Kier molecular flexibility index (Phi) is 4.11. The minimum atomic E-state index is 0.562. The predicted molar refractivity (Wildman–Crippen MR) is 111 cm³/mol. The monoisotopic (exact) mass is 372 g/mol. The second-order valence-corrected chi connectivity index (χ2v) is 7.58. The van der Waals surface area contributed by atoms with Crippen LogP contribution in [0.4, 0.5) is 5.82 Å². The van der Waals surface area contributed by atoms with Crippen molar-refractivity contribution in [1.82, 2.24) is 24.3 Å². The number of aryl methyl sites for hydroxylation is 1. The first-order chi connectivity index (χ1) is 13.7. The molecule has 0 radical (unpaired) electrons. The summed E-state index contributed by atoms with van der Waals surface area (Å²) < 4.78 is 4.06. The van der Waals surface area contributed by atoms with Crippen LogP contribution in [0.25, 0.3) is 22.4 Å². The van der Waals surface area contributed by atoms with E-state index in [1.54, 1.807) is 0 Å². The van der Waals surface area contributed by atoms with Gasteiger partial charge in [0.05, 0.1) is 23.3 Å². The molecule has 6 nitrogen and oxygen atoms in total. The second kappa shape index (κ2) is 6.78. The first-order valence-electron chi connectivity index (χ1n) is 9.86. The summed E-state index contributed by atoms with van der Waals surface area (Å²) in [6, 6.07) is 15.1. The third kappa shape index (κ3) is 2.95. The molecule has 142 valence electrons. The van der Waals surface area contributed by atoms with Gasteiger partial charge in [0.15, 0.2) is 0 Å². The van der Waals surface area contributed by atoms with Gasteiger partial charge in [-0.1, -0.05) is 12.1 Å².